The van der Waals surface area contributed by atoms with Crippen molar-refractivity contribution in [1.82, 2.24) is 25.0 Å². The van der Waals surface area contributed by atoms with E-state index < -0.39 is 0 Å². The third-order valence-electron chi connectivity index (χ3n) is 4.13. The van der Waals surface area contributed by atoms with E-state index in [0.29, 0.717) is 12.0 Å². The summed E-state index contributed by atoms with van der Waals surface area (Å²) in [7, 11) is 3.78. The highest BCUT2D eigenvalue weighted by Crippen LogP contribution is 2.32. The van der Waals surface area contributed by atoms with Gasteiger partial charge in [0.05, 0.1) is 6.54 Å². The van der Waals surface area contributed by atoms with Gasteiger partial charge in [-0.25, -0.2) is 0 Å². The van der Waals surface area contributed by atoms with Crippen LogP contribution in [-0.4, -0.2) is 45.8 Å². The van der Waals surface area contributed by atoms with Gasteiger partial charge in [0.2, 0.25) is 0 Å². The fraction of sp³-hybridized carbons (Fsp3) is 0.769. The summed E-state index contributed by atoms with van der Waals surface area (Å²) in [5.41, 5.74) is 0.419. The second kappa shape index (κ2) is 7.24. The minimum Gasteiger partial charge on any atom is -0.349 e. The molecule has 1 unspecified atom stereocenters. The third kappa shape index (κ3) is 3.83. The van der Waals surface area contributed by atoms with Gasteiger partial charge in [0, 0.05) is 27.2 Å². The Morgan fingerprint density at radius 2 is 2.30 bits per heavy atom. The second-order valence-electron chi connectivity index (χ2n) is 5.59. The van der Waals surface area contributed by atoms with E-state index in [4.69, 9.17) is 0 Å². The van der Waals surface area contributed by atoms with E-state index in [1.165, 1.54) is 12.8 Å². The molecule has 0 amide bonds. The van der Waals surface area contributed by atoms with Crippen LogP contribution in [0.1, 0.15) is 32.5 Å². The maximum Gasteiger partial charge on any atom is 0.194 e. The number of guanidine groups is 1. The molecule has 1 fully saturated rings. The number of nitrogens with one attached hydrogen (secondary N) is 1. The Hall–Kier alpha value is -0.860. The van der Waals surface area contributed by atoms with Crippen molar-refractivity contribution in [2.24, 2.45) is 17.5 Å². The van der Waals surface area contributed by atoms with Gasteiger partial charge in [-0.3, -0.25) is 4.99 Å². The quantitative estimate of drug-likeness (QED) is 0.483. The Morgan fingerprint density at radius 1 is 1.55 bits per heavy atom. The van der Waals surface area contributed by atoms with Crippen LogP contribution in [0.2, 0.25) is 0 Å². The number of aromatic nitrogens is 3. The SMILES string of the molecule is CCC1(C)CCN(C(=NC)NCc2nncn2C)C1.I. The molecule has 1 aliphatic rings. The van der Waals surface area contributed by atoms with Crippen molar-refractivity contribution < 1.29 is 0 Å². The summed E-state index contributed by atoms with van der Waals surface area (Å²) < 4.78 is 1.92. The Labute approximate surface area is 138 Å². The number of hydrogen-bond acceptors (Lipinski definition) is 3. The summed E-state index contributed by atoms with van der Waals surface area (Å²) in [4.78, 5) is 6.71. The lowest BCUT2D eigenvalue weighted by atomic mass is 9.87. The van der Waals surface area contributed by atoms with Crippen molar-refractivity contribution in [3.8, 4) is 0 Å². The number of aliphatic imine (C=N–C) groups is 1. The number of rotatable bonds is 3. The molecular formula is C13H25IN6. The summed E-state index contributed by atoms with van der Waals surface area (Å²) in [6.07, 6.45) is 4.15. The van der Waals surface area contributed by atoms with Crippen molar-refractivity contribution >= 4 is 29.9 Å². The first-order chi connectivity index (χ1) is 9.08. The van der Waals surface area contributed by atoms with Crippen LogP contribution in [0.15, 0.2) is 11.3 Å². The first kappa shape index (κ1) is 17.2. The van der Waals surface area contributed by atoms with Crippen molar-refractivity contribution in [2.45, 2.75) is 33.2 Å². The predicted octanol–water partition coefficient (Wildman–Crippen LogP) is 1.63. The van der Waals surface area contributed by atoms with E-state index in [1.54, 1.807) is 6.33 Å². The molecule has 0 aliphatic carbocycles. The number of halogens is 1. The molecular weight excluding hydrogens is 367 g/mol. The smallest absolute Gasteiger partial charge is 0.194 e. The van der Waals surface area contributed by atoms with Gasteiger partial charge in [-0.2, -0.15) is 0 Å². The molecule has 2 rings (SSSR count). The van der Waals surface area contributed by atoms with Crippen LogP contribution < -0.4 is 5.32 Å². The summed E-state index contributed by atoms with van der Waals surface area (Å²) in [5, 5.41) is 11.3. The summed E-state index contributed by atoms with van der Waals surface area (Å²) in [5.74, 6) is 1.87. The number of aryl methyl sites for hydroxylation is 1. The number of nitrogens with zero attached hydrogens (tertiary/aromatic N) is 5. The van der Waals surface area contributed by atoms with Gasteiger partial charge in [0.25, 0.3) is 0 Å². The minimum absolute atomic E-state index is 0. The molecule has 1 aromatic rings. The van der Waals surface area contributed by atoms with Gasteiger partial charge in [-0.1, -0.05) is 13.8 Å². The molecule has 1 aromatic heterocycles. The third-order valence-corrected chi connectivity index (χ3v) is 4.13. The van der Waals surface area contributed by atoms with E-state index >= 15 is 0 Å². The van der Waals surface area contributed by atoms with Crippen LogP contribution >= 0.6 is 24.0 Å². The van der Waals surface area contributed by atoms with E-state index in [0.717, 1.165) is 24.9 Å². The predicted molar refractivity (Wildman–Crippen MR) is 91.2 cm³/mol. The van der Waals surface area contributed by atoms with Crippen LogP contribution in [0, 0.1) is 5.41 Å². The van der Waals surface area contributed by atoms with Crippen LogP contribution in [0.4, 0.5) is 0 Å². The van der Waals surface area contributed by atoms with Crippen molar-refractivity contribution in [2.75, 3.05) is 20.1 Å². The Balaban J connectivity index is 0.00000200. The molecule has 6 nitrogen and oxygen atoms in total. The summed E-state index contributed by atoms with van der Waals surface area (Å²) >= 11 is 0. The van der Waals surface area contributed by atoms with Gasteiger partial charge in [-0.05, 0) is 18.3 Å². The number of likely N-dealkylation sites (tertiary alicyclic amines) is 1. The molecule has 2 heterocycles. The Kier molecular flexibility index (Phi) is 6.22. The molecule has 114 valence electrons. The molecule has 1 N–H and O–H groups in total. The van der Waals surface area contributed by atoms with Crippen LogP contribution in [0.25, 0.3) is 0 Å². The van der Waals surface area contributed by atoms with Crippen molar-refractivity contribution in [3.05, 3.63) is 12.2 Å². The second-order valence-corrected chi connectivity index (χ2v) is 5.59. The fourth-order valence-corrected chi connectivity index (χ4v) is 2.45. The Morgan fingerprint density at radius 3 is 2.80 bits per heavy atom. The lowest BCUT2D eigenvalue weighted by molar-refractivity contribution is 0.322. The minimum atomic E-state index is 0. The summed E-state index contributed by atoms with van der Waals surface area (Å²) in [6, 6.07) is 0. The van der Waals surface area contributed by atoms with Crippen LogP contribution in [0.5, 0.6) is 0 Å². The molecule has 20 heavy (non-hydrogen) atoms. The molecule has 0 saturated carbocycles. The fourth-order valence-electron chi connectivity index (χ4n) is 2.45. The lowest BCUT2D eigenvalue weighted by Gasteiger charge is -2.25. The Bertz CT molecular complexity index is 457. The highest BCUT2D eigenvalue weighted by molar-refractivity contribution is 14.0. The highest BCUT2D eigenvalue weighted by atomic mass is 127. The average Bonchev–Trinajstić information content (AvgIpc) is 2.98. The highest BCUT2D eigenvalue weighted by Gasteiger charge is 2.33. The van der Waals surface area contributed by atoms with Gasteiger partial charge in [-0.15, -0.1) is 34.2 Å². The summed E-state index contributed by atoms with van der Waals surface area (Å²) in [6.45, 7) is 7.41. The van der Waals surface area contributed by atoms with Crippen molar-refractivity contribution in [3.63, 3.8) is 0 Å². The van der Waals surface area contributed by atoms with E-state index in [9.17, 15) is 0 Å². The lowest BCUT2D eigenvalue weighted by Crippen LogP contribution is -2.40. The molecule has 0 spiro atoms. The van der Waals surface area contributed by atoms with E-state index in [1.807, 2.05) is 18.7 Å². The molecule has 0 bridgehead atoms. The molecule has 0 radical (unpaired) electrons. The average molecular weight is 392 g/mol. The van der Waals surface area contributed by atoms with Gasteiger partial charge in [0.15, 0.2) is 11.8 Å². The van der Waals surface area contributed by atoms with Crippen LogP contribution in [0.3, 0.4) is 0 Å². The largest absolute Gasteiger partial charge is 0.349 e. The number of hydrogen-bond donors (Lipinski definition) is 1. The van der Waals surface area contributed by atoms with E-state index in [-0.39, 0.29) is 24.0 Å². The molecule has 0 aromatic carbocycles. The molecule has 1 aliphatic heterocycles. The molecule has 1 atom stereocenters. The monoisotopic (exact) mass is 392 g/mol. The maximum atomic E-state index is 4.37. The first-order valence-corrected chi connectivity index (χ1v) is 6.86. The van der Waals surface area contributed by atoms with Gasteiger partial charge >= 0.3 is 0 Å². The molecule has 7 heteroatoms. The van der Waals surface area contributed by atoms with Gasteiger partial charge in [0.1, 0.15) is 6.33 Å². The zero-order chi connectivity index (χ0) is 13.9. The standard InChI is InChI=1S/C13H24N6.HI/c1-5-13(2)6-7-19(9-13)12(14-3)15-8-11-17-16-10-18(11)4;/h10H,5-9H2,1-4H3,(H,14,15);1H. The maximum absolute atomic E-state index is 4.37. The topological polar surface area (TPSA) is 58.3 Å². The van der Waals surface area contributed by atoms with Crippen LogP contribution in [-0.2, 0) is 13.6 Å². The van der Waals surface area contributed by atoms with Crippen molar-refractivity contribution in [1.29, 1.82) is 0 Å². The zero-order valence-electron chi connectivity index (χ0n) is 12.8. The van der Waals surface area contributed by atoms with E-state index in [2.05, 4.69) is 39.3 Å². The molecule has 1 saturated heterocycles. The normalized spacial score (nSPS) is 22.8. The first-order valence-electron chi connectivity index (χ1n) is 6.86. The van der Waals surface area contributed by atoms with Gasteiger partial charge < -0.3 is 14.8 Å². The zero-order valence-corrected chi connectivity index (χ0v) is 15.1.